The van der Waals surface area contributed by atoms with Gasteiger partial charge in [-0.25, -0.2) is 9.78 Å². The Bertz CT molecular complexity index is 703. The van der Waals surface area contributed by atoms with E-state index >= 15 is 0 Å². The van der Waals surface area contributed by atoms with Crippen LogP contribution in [0.1, 0.15) is 15.9 Å². The lowest BCUT2D eigenvalue weighted by molar-refractivity contribution is 0.0471. The number of hydrogen-bond acceptors (Lipinski definition) is 5. The van der Waals surface area contributed by atoms with Gasteiger partial charge in [0.1, 0.15) is 25.0 Å². The first-order chi connectivity index (χ1) is 10.6. The first-order valence-electron chi connectivity index (χ1n) is 6.50. The number of carbonyl (C=O) groups is 1. The number of pyridine rings is 1. The van der Waals surface area contributed by atoms with Gasteiger partial charge in [-0.15, -0.1) is 0 Å². The predicted octanol–water partition coefficient (Wildman–Crippen LogP) is 3.52. The Morgan fingerprint density at radius 1 is 1.23 bits per heavy atom. The van der Waals surface area contributed by atoms with Crippen LogP contribution in [-0.2, 0) is 11.3 Å². The SMILES string of the molecule is O=C(OCc1ccc(Cl)nc1)c1cc(Cl)c2c(c1)OCCO2. The molecule has 1 aromatic heterocycles. The molecule has 1 aromatic carbocycles. The van der Waals surface area contributed by atoms with Gasteiger partial charge >= 0.3 is 5.97 Å². The van der Waals surface area contributed by atoms with Crippen molar-refractivity contribution < 1.29 is 19.0 Å². The molecule has 0 aliphatic carbocycles. The summed E-state index contributed by atoms with van der Waals surface area (Å²) in [5, 5.41) is 0.700. The largest absolute Gasteiger partial charge is 0.486 e. The maximum Gasteiger partial charge on any atom is 0.338 e. The number of fused-ring (bicyclic) bond motifs is 1. The molecule has 0 N–H and O–H groups in total. The zero-order valence-corrected chi connectivity index (χ0v) is 12.9. The number of hydrogen-bond donors (Lipinski definition) is 0. The van der Waals surface area contributed by atoms with E-state index in [2.05, 4.69) is 4.98 Å². The fraction of sp³-hybridized carbons (Fsp3) is 0.200. The number of aromatic nitrogens is 1. The molecule has 2 aromatic rings. The molecule has 0 bridgehead atoms. The second-order valence-electron chi connectivity index (χ2n) is 4.55. The number of benzene rings is 1. The molecule has 2 heterocycles. The van der Waals surface area contributed by atoms with E-state index in [4.69, 9.17) is 37.4 Å². The first kappa shape index (κ1) is 14.9. The standard InChI is InChI=1S/C15H11Cl2NO4/c16-11-5-10(6-12-14(11)21-4-3-20-12)15(19)22-8-9-1-2-13(17)18-7-9/h1-2,5-7H,3-4,8H2. The summed E-state index contributed by atoms with van der Waals surface area (Å²) in [5.41, 5.74) is 1.04. The first-order valence-corrected chi connectivity index (χ1v) is 7.26. The summed E-state index contributed by atoms with van der Waals surface area (Å²) >= 11 is 11.8. The van der Waals surface area contributed by atoms with E-state index in [-0.39, 0.29) is 6.61 Å². The molecule has 0 unspecified atom stereocenters. The van der Waals surface area contributed by atoms with Gasteiger partial charge in [-0.1, -0.05) is 29.3 Å². The summed E-state index contributed by atoms with van der Waals surface area (Å²) in [6.07, 6.45) is 1.55. The monoisotopic (exact) mass is 339 g/mol. The second kappa shape index (κ2) is 6.42. The third-order valence-corrected chi connectivity index (χ3v) is 3.50. The molecule has 0 atom stereocenters. The van der Waals surface area contributed by atoms with Crippen molar-refractivity contribution in [1.82, 2.24) is 4.98 Å². The van der Waals surface area contributed by atoms with Crippen LogP contribution in [0.3, 0.4) is 0 Å². The summed E-state index contributed by atoms with van der Waals surface area (Å²) in [5.74, 6) is 0.388. The smallest absolute Gasteiger partial charge is 0.338 e. The average Bonchev–Trinajstić information content (AvgIpc) is 2.54. The molecule has 0 spiro atoms. The predicted molar refractivity (Wildman–Crippen MR) is 80.8 cm³/mol. The highest BCUT2D eigenvalue weighted by atomic mass is 35.5. The van der Waals surface area contributed by atoms with E-state index in [0.717, 1.165) is 5.56 Å². The van der Waals surface area contributed by atoms with Crippen LogP contribution in [0.25, 0.3) is 0 Å². The molecule has 5 nitrogen and oxygen atoms in total. The highest BCUT2D eigenvalue weighted by molar-refractivity contribution is 6.32. The Labute approximate surface area is 136 Å². The van der Waals surface area contributed by atoms with Crippen molar-refractivity contribution in [2.45, 2.75) is 6.61 Å². The maximum absolute atomic E-state index is 12.1. The number of halogens is 2. The van der Waals surface area contributed by atoms with Crippen molar-refractivity contribution in [2.24, 2.45) is 0 Å². The van der Waals surface area contributed by atoms with Crippen LogP contribution >= 0.6 is 23.2 Å². The van der Waals surface area contributed by atoms with Crippen molar-refractivity contribution >= 4 is 29.2 Å². The van der Waals surface area contributed by atoms with Gasteiger partial charge in [0.25, 0.3) is 0 Å². The topological polar surface area (TPSA) is 57.7 Å². The van der Waals surface area contributed by atoms with Gasteiger partial charge in [-0.2, -0.15) is 0 Å². The van der Waals surface area contributed by atoms with Crippen LogP contribution in [0.15, 0.2) is 30.5 Å². The van der Waals surface area contributed by atoms with Crippen LogP contribution in [0.2, 0.25) is 10.2 Å². The van der Waals surface area contributed by atoms with Gasteiger partial charge in [0.15, 0.2) is 11.5 Å². The Hall–Kier alpha value is -1.98. The fourth-order valence-electron chi connectivity index (χ4n) is 1.95. The van der Waals surface area contributed by atoms with Gasteiger partial charge < -0.3 is 14.2 Å². The quantitative estimate of drug-likeness (QED) is 0.632. The van der Waals surface area contributed by atoms with E-state index in [0.29, 0.717) is 40.5 Å². The third-order valence-electron chi connectivity index (χ3n) is 2.99. The number of carbonyl (C=O) groups excluding carboxylic acids is 1. The minimum atomic E-state index is -0.506. The summed E-state index contributed by atoms with van der Waals surface area (Å²) in [4.78, 5) is 16.0. The van der Waals surface area contributed by atoms with Gasteiger partial charge in [0, 0.05) is 11.8 Å². The van der Waals surface area contributed by atoms with Crippen molar-refractivity contribution in [2.75, 3.05) is 13.2 Å². The van der Waals surface area contributed by atoms with Crippen LogP contribution in [0, 0.1) is 0 Å². The lowest BCUT2D eigenvalue weighted by atomic mass is 10.2. The zero-order chi connectivity index (χ0) is 15.5. The van der Waals surface area contributed by atoms with E-state index < -0.39 is 5.97 Å². The number of esters is 1. The molecule has 3 rings (SSSR count). The minimum absolute atomic E-state index is 0.0923. The average molecular weight is 340 g/mol. The molecule has 0 saturated carbocycles. The molecule has 0 amide bonds. The lowest BCUT2D eigenvalue weighted by Crippen LogP contribution is -2.16. The molecule has 22 heavy (non-hydrogen) atoms. The summed E-state index contributed by atoms with van der Waals surface area (Å²) in [6.45, 7) is 0.938. The number of ether oxygens (including phenoxy) is 3. The van der Waals surface area contributed by atoms with Gasteiger partial charge in [-0.05, 0) is 18.2 Å². The van der Waals surface area contributed by atoms with E-state index in [9.17, 15) is 4.79 Å². The zero-order valence-electron chi connectivity index (χ0n) is 11.3. The van der Waals surface area contributed by atoms with Crippen molar-refractivity contribution in [3.05, 3.63) is 51.8 Å². The molecular weight excluding hydrogens is 329 g/mol. The number of rotatable bonds is 3. The van der Waals surface area contributed by atoms with Gasteiger partial charge in [-0.3, -0.25) is 0 Å². The Morgan fingerprint density at radius 3 is 2.82 bits per heavy atom. The van der Waals surface area contributed by atoms with Crippen LogP contribution < -0.4 is 9.47 Å². The van der Waals surface area contributed by atoms with E-state index in [1.54, 1.807) is 24.4 Å². The van der Waals surface area contributed by atoms with Crippen LogP contribution in [-0.4, -0.2) is 24.2 Å². The van der Waals surface area contributed by atoms with Crippen LogP contribution in [0.5, 0.6) is 11.5 Å². The van der Waals surface area contributed by atoms with Crippen LogP contribution in [0.4, 0.5) is 0 Å². The summed E-state index contributed by atoms with van der Waals surface area (Å²) in [7, 11) is 0. The van der Waals surface area contributed by atoms with E-state index in [1.807, 2.05) is 0 Å². The molecule has 0 fully saturated rings. The van der Waals surface area contributed by atoms with Gasteiger partial charge in [0.2, 0.25) is 0 Å². The highest BCUT2D eigenvalue weighted by Gasteiger charge is 2.20. The normalized spacial score (nSPS) is 12.8. The molecule has 114 valence electrons. The summed E-state index contributed by atoms with van der Waals surface area (Å²) < 4.78 is 16.1. The third kappa shape index (κ3) is 3.26. The maximum atomic E-state index is 12.1. The van der Waals surface area contributed by atoms with Gasteiger partial charge in [0.05, 0.1) is 10.6 Å². The fourth-order valence-corrected chi connectivity index (χ4v) is 2.33. The molecular formula is C15H11Cl2NO4. The second-order valence-corrected chi connectivity index (χ2v) is 5.34. The highest BCUT2D eigenvalue weighted by Crippen LogP contribution is 2.38. The molecule has 7 heteroatoms. The van der Waals surface area contributed by atoms with Crippen molar-refractivity contribution in [3.63, 3.8) is 0 Å². The molecule has 1 aliphatic rings. The summed E-state index contributed by atoms with van der Waals surface area (Å²) in [6, 6.07) is 6.42. The van der Waals surface area contributed by atoms with Crippen molar-refractivity contribution in [3.8, 4) is 11.5 Å². The number of nitrogens with zero attached hydrogens (tertiary/aromatic N) is 1. The Balaban J connectivity index is 1.72. The minimum Gasteiger partial charge on any atom is -0.486 e. The molecule has 0 radical (unpaired) electrons. The lowest BCUT2D eigenvalue weighted by Gasteiger charge is -2.20. The molecule has 1 aliphatic heterocycles. The Morgan fingerprint density at radius 2 is 2.05 bits per heavy atom. The molecule has 0 saturated heterocycles. The van der Waals surface area contributed by atoms with E-state index in [1.165, 1.54) is 6.07 Å². The Kier molecular flexibility index (Phi) is 4.36. The van der Waals surface area contributed by atoms with Crippen molar-refractivity contribution in [1.29, 1.82) is 0 Å².